The molecule has 1 aromatic carbocycles. The summed E-state index contributed by atoms with van der Waals surface area (Å²) in [7, 11) is 0. The minimum Gasteiger partial charge on any atom is -0.299 e. The number of fused-ring (bicyclic) bond motifs is 1. The molecule has 0 radical (unpaired) electrons. The lowest BCUT2D eigenvalue weighted by Gasteiger charge is -2.31. The molecular weight excluding hydrogens is 250 g/mol. The summed E-state index contributed by atoms with van der Waals surface area (Å²) < 4.78 is 0. The highest BCUT2D eigenvalue weighted by Gasteiger charge is 2.27. The molecule has 19 heavy (non-hydrogen) atoms. The molecule has 3 rings (SSSR count). The predicted molar refractivity (Wildman–Crippen MR) is 83.9 cm³/mol. The zero-order chi connectivity index (χ0) is 13.1. The van der Waals surface area contributed by atoms with Gasteiger partial charge in [0.15, 0.2) is 0 Å². The predicted octanol–water partition coefficient (Wildman–Crippen LogP) is 4.36. The molecule has 0 amide bonds. The molecule has 1 aromatic rings. The summed E-state index contributed by atoms with van der Waals surface area (Å²) in [5, 5.41) is 0.782. The third-order valence-corrected chi connectivity index (χ3v) is 5.92. The highest BCUT2D eigenvalue weighted by atomic mass is 32.2. The van der Waals surface area contributed by atoms with Crippen LogP contribution in [0.2, 0.25) is 0 Å². The van der Waals surface area contributed by atoms with Crippen molar-refractivity contribution in [3.8, 4) is 0 Å². The maximum absolute atomic E-state index is 2.79. The summed E-state index contributed by atoms with van der Waals surface area (Å²) in [5.41, 5.74) is 1.57. The minimum atomic E-state index is 0.782. The van der Waals surface area contributed by atoms with Gasteiger partial charge in [0.05, 0.1) is 0 Å². The van der Waals surface area contributed by atoms with Gasteiger partial charge >= 0.3 is 0 Å². The Bertz CT molecular complexity index is 392. The van der Waals surface area contributed by atoms with E-state index in [2.05, 4.69) is 47.9 Å². The van der Waals surface area contributed by atoms with Crippen LogP contribution in [-0.4, -0.2) is 29.3 Å². The molecule has 1 saturated heterocycles. The lowest BCUT2D eigenvalue weighted by molar-refractivity contribution is 0.195. The second-order valence-electron chi connectivity index (χ2n) is 5.96. The van der Waals surface area contributed by atoms with E-state index in [-0.39, 0.29) is 0 Å². The zero-order valence-electron chi connectivity index (χ0n) is 12.0. The summed E-state index contributed by atoms with van der Waals surface area (Å²) >= 11 is 2.11. The van der Waals surface area contributed by atoms with Crippen LogP contribution in [0, 0.1) is 0 Å². The number of thioether (sulfide) groups is 1. The number of rotatable bonds is 3. The Balaban J connectivity index is 1.62. The van der Waals surface area contributed by atoms with Gasteiger partial charge in [-0.05, 0) is 43.9 Å². The van der Waals surface area contributed by atoms with Crippen molar-refractivity contribution in [1.82, 2.24) is 4.90 Å². The Morgan fingerprint density at radius 3 is 2.95 bits per heavy atom. The van der Waals surface area contributed by atoms with Crippen LogP contribution in [0.5, 0.6) is 0 Å². The molecule has 104 valence electrons. The second-order valence-corrected chi connectivity index (χ2v) is 7.30. The zero-order valence-corrected chi connectivity index (χ0v) is 12.8. The highest BCUT2D eigenvalue weighted by Crippen LogP contribution is 2.37. The molecule has 0 N–H and O–H groups in total. The summed E-state index contributed by atoms with van der Waals surface area (Å²) in [6, 6.07) is 9.80. The van der Waals surface area contributed by atoms with Crippen LogP contribution in [0.25, 0.3) is 0 Å². The molecule has 0 saturated carbocycles. The molecule has 2 aliphatic heterocycles. The van der Waals surface area contributed by atoms with Crippen molar-refractivity contribution in [2.24, 2.45) is 0 Å². The normalized spacial score (nSPS) is 28.1. The summed E-state index contributed by atoms with van der Waals surface area (Å²) in [4.78, 5) is 4.31. The third-order valence-electron chi connectivity index (χ3n) is 4.62. The van der Waals surface area contributed by atoms with Crippen LogP contribution in [0.15, 0.2) is 29.2 Å². The van der Waals surface area contributed by atoms with Crippen molar-refractivity contribution in [2.45, 2.75) is 61.6 Å². The minimum absolute atomic E-state index is 0.782. The first-order valence-corrected chi connectivity index (χ1v) is 8.73. The van der Waals surface area contributed by atoms with E-state index in [1.165, 1.54) is 56.5 Å². The first kappa shape index (κ1) is 13.5. The van der Waals surface area contributed by atoms with Crippen LogP contribution in [0.3, 0.4) is 0 Å². The van der Waals surface area contributed by atoms with E-state index in [0.717, 1.165) is 11.3 Å². The first-order chi connectivity index (χ1) is 9.36. The topological polar surface area (TPSA) is 3.24 Å². The number of benzene rings is 1. The molecule has 2 heteroatoms. The second kappa shape index (κ2) is 6.32. The van der Waals surface area contributed by atoms with Gasteiger partial charge in [0.25, 0.3) is 0 Å². The average molecular weight is 275 g/mol. The van der Waals surface area contributed by atoms with Crippen molar-refractivity contribution >= 4 is 11.8 Å². The van der Waals surface area contributed by atoms with Gasteiger partial charge in [-0.25, -0.2) is 0 Å². The molecular formula is C17H25NS. The third kappa shape index (κ3) is 3.17. The number of hydrogen-bond acceptors (Lipinski definition) is 2. The van der Waals surface area contributed by atoms with E-state index in [9.17, 15) is 0 Å². The lowest BCUT2D eigenvalue weighted by Crippen LogP contribution is -2.39. The quantitative estimate of drug-likeness (QED) is 0.806. The van der Waals surface area contributed by atoms with Crippen LogP contribution >= 0.6 is 11.8 Å². The Morgan fingerprint density at radius 2 is 2.11 bits per heavy atom. The molecule has 2 heterocycles. The monoisotopic (exact) mass is 275 g/mol. The van der Waals surface area contributed by atoms with Gasteiger partial charge in [0.2, 0.25) is 0 Å². The first-order valence-electron chi connectivity index (χ1n) is 7.85. The molecule has 1 nitrogen and oxygen atoms in total. The Morgan fingerprint density at radius 1 is 1.21 bits per heavy atom. The maximum Gasteiger partial charge on any atom is 0.0263 e. The lowest BCUT2D eigenvalue weighted by atomic mass is 10.1. The summed E-state index contributed by atoms with van der Waals surface area (Å²) in [5.74, 6) is 0. The van der Waals surface area contributed by atoms with Gasteiger partial charge in [-0.2, -0.15) is 0 Å². The average Bonchev–Trinajstić information content (AvgIpc) is 2.70. The van der Waals surface area contributed by atoms with Gasteiger partial charge in [0, 0.05) is 22.7 Å². The molecule has 2 atom stereocenters. The summed E-state index contributed by atoms with van der Waals surface area (Å²) in [6.45, 7) is 4.98. The van der Waals surface area contributed by atoms with E-state index in [1.54, 1.807) is 5.56 Å². The van der Waals surface area contributed by atoms with Gasteiger partial charge in [0.1, 0.15) is 0 Å². The van der Waals surface area contributed by atoms with Gasteiger partial charge in [-0.15, -0.1) is 11.8 Å². The standard InChI is InChI=1S/C17H25NS/c1-2-15-9-4-3-7-11-18(15)13-16-12-14-8-5-6-10-17(14)19-16/h5-6,8,10,15-16H,2-4,7,9,11-13H2,1H3. The van der Waals surface area contributed by atoms with E-state index in [1.807, 2.05) is 0 Å². The van der Waals surface area contributed by atoms with Gasteiger partial charge in [-0.1, -0.05) is 38.0 Å². The molecule has 0 spiro atoms. The molecule has 0 aromatic heterocycles. The molecule has 0 bridgehead atoms. The SMILES string of the molecule is CCC1CCCCCN1CC1Cc2ccccc2S1. The fourth-order valence-electron chi connectivity index (χ4n) is 3.56. The van der Waals surface area contributed by atoms with E-state index < -0.39 is 0 Å². The van der Waals surface area contributed by atoms with Crippen LogP contribution in [0.4, 0.5) is 0 Å². The Kier molecular flexibility index (Phi) is 4.49. The smallest absolute Gasteiger partial charge is 0.0263 e. The molecule has 2 aliphatic rings. The van der Waals surface area contributed by atoms with E-state index >= 15 is 0 Å². The summed E-state index contributed by atoms with van der Waals surface area (Å²) in [6.07, 6.45) is 8.29. The highest BCUT2D eigenvalue weighted by molar-refractivity contribution is 8.00. The number of hydrogen-bond donors (Lipinski definition) is 0. The maximum atomic E-state index is 2.79. The van der Waals surface area contributed by atoms with Crippen molar-refractivity contribution in [1.29, 1.82) is 0 Å². The Hall–Kier alpha value is -0.470. The number of nitrogens with zero attached hydrogens (tertiary/aromatic N) is 1. The van der Waals surface area contributed by atoms with Gasteiger partial charge in [-0.3, -0.25) is 4.90 Å². The molecule has 1 fully saturated rings. The Labute approximate surface area is 121 Å². The molecule has 2 unspecified atom stereocenters. The van der Waals surface area contributed by atoms with E-state index in [0.29, 0.717) is 0 Å². The van der Waals surface area contributed by atoms with Crippen molar-refractivity contribution in [3.63, 3.8) is 0 Å². The van der Waals surface area contributed by atoms with Crippen LogP contribution in [0.1, 0.15) is 44.6 Å². The largest absolute Gasteiger partial charge is 0.299 e. The van der Waals surface area contributed by atoms with Crippen molar-refractivity contribution < 1.29 is 0 Å². The van der Waals surface area contributed by atoms with Crippen LogP contribution < -0.4 is 0 Å². The van der Waals surface area contributed by atoms with Crippen molar-refractivity contribution in [3.05, 3.63) is 29.8 Å². The van der Waals surface area contributed by atoms with Gasteiger partial charge < -0.3 is 0 Å². The van der Waals surface area contributed by atoms with E-state index in [4.69, 9.17) is 0 Å². The fourth-order valence-corrected chi connectivity index (χ4v) is 4.90. The van der Waals surface area contributed by atoms with Crippen molar-refractivity contribution in [2.75, 3.05) is 13.1 Å². The number of likely N-dealkylation sites (tertiary alicyclic amines) is 1. The fraction of sp³-hybridized carbons (Fsp3) is 0.647. The molecule has 0 aliphatic carbocycles. The van der Waals surface area contributed by atoms with Crippen LogP contribution in [-0.2, 0) is 6.42 Å².